The van der Waals surface area contributed by atoms with Crippen LogP contribution in [0.2, 0.25) is 0 Å². The highest BCUT2D eigenvalue weighted by Crippen LogP contribution is 2.16. The molecule has 104 valence electrons. The van der Waals surface area contributed by atoms with Crippen LogP contribution in [0.3, 0.4) is 0 Å². The molecule has 7 heteroatoms. The summed E-state index contributed by atoms with van der Waals surface area (Å²) in [5, 5.41) is 7.69. The van der Waals surface area contributed by atoms with Gasteiger partial charge in [-0.1, -0.05) is 12.1 Å². The van der Waals surface area contributed by atoms with Crippen molar-refractivity contribution in [2.24, 2.45) is 5.14 Å². The minimum atomic E-state index is -3.58. The van der Waals surface area contributed by atoms with Crippen molar-refractivity contribution >= 4 is 21.6 Å². The van der Waals surface area contributed by atoms with Gasteiger partial charge in [0.1, 0.15) is 6.10 Å². The van der Waals surface area contributed by atoms with Crippen LogP contribution in [0.1, 0.15) is 18.4 Å². The van der Waals surface area contributed by atoms with E-state index in [1.165, 1.54) is 0 Å². The summed E-state index contributed by atoms with van der Waals surface area (Å²) in [6.07, 6.45) is 1.17. The molecule has 1 heterocycles. The number of hydrogen-bond donors (Lipinski definition) is 2. The lowest BCUT2D eigenvalue weighted by Gasteiger charge is -2.11. The third kappa shape index (κ3) is 4.30. The van der Waals surface area contributed by atoms with Crippen LogP contribution in [-0.4, -0.2) is 27.0 Å². The minimum absolute atomic E-state index is 0.203. The van der Waals surface area contributed by atoms with Gasteiger partial charge in [0.15, 0.2) is 0 Å². The van der Waals surface area contributed by atoms with Crippen molar-refractivity contribution < 1.29 is 17.9 Å². The Morgan fingerprint density at radius 2 is 2.26 bits per heavy atom. The minimum Gasteiger partial charge on any atom is -0.368 e. The lowest BCUT2D eigenvalue weighted by molar-refractivity contribution is -0.124. The van der Waals surface area contributed by atoms with Crippen molar-refractivity contribution in [2.45, 2.75) is 24.7 Å². The zero-order chi connectivity index (χ0) is 13.9. The van der Waals surface area contributed by atoms with Crippen molar-refractivity contribution in [2.75, 3.05) is 11.9 Å². The Morgan fingerprint density at radius 1 is 1.47 bits per heavy atom. The first kappa shape index (κ1) is 14.0. The van der Waals surface area contributed by atoms with Crippen LogP contribution in [0.4, 0.5) is 5.69 Å². The zero-order valence-corrected chi connectivity index (χ0v) is 11.2. The number of ether oxygens (including phenoxy) is 1. The number of anilines is 1. The topological polar surface area (TPSA) is 98.5 Å². The Bertz CT molecular complexity index is 565. The van der Waals surface area contributed by atoms with E-state index in [0.29, 0.717) is 24.3 Å². The number of rotatable bonds is 4. The Labute approximate surface area is 112 Å². The molecular weight excluding hydrogens is 268 g/mol. The number of nitrogens with one attached hydrogen (secondary N) is 1. The molecule has 6 nitrogen and oxygen atoms in total. The number of benzene rings is 1. The van der Waals surface area contributed by atoms with E-state index < -0.39 is 16.1 Å². The molecule has 1 aliphatic heterocycles. The first-order valence-corrected chi connectivity index (χ1v) is 7.67. The quantitative estimate of drug-likeness (QED) is 0.845. The summed E-state index contributed by atoms with van der Waals surface area (Å²) in [7, 11) is -3.58. The predicted molar refractivity (Wildman–Crippen MR) is 70.9 cm³/mol. The number of sulfonamides is 1. The Kier molecular flexibility index (Phi) is 4.18. The van der Waals surface area contributed by atoms with E-state index in [9.17, 15) is 13.2 Å². The van der Waals surface area contributed by atoms with Crippen LogP contribution in [0.25, 0.3) is 0 Å². The Balaban J connectivity index is 2.04. The van der Waals surface area contributed by atoms with E-state index in [1.807, 2.05) is 0 Å². The average Bonchev–Trinajstić information content (AvgIpc) is 2.80. The fraction of sp³-hybridized carbons (Fsp3) is 0.417. The summed E-state index contributed by atoms with van der Waals surface area (Å²) in [5.74, 6) is -0.457. The summed E-state index contributed by atoms with van der Waals surface area (Å²) >= 11 is 0. The molecule has 0 radical (unpaired) electrons. The van der Waals surface area contributed by atoms with Crippen molar-refractivity contribution in [1.82, 2.24) is 0 Å². The summed E-state index contributed by atoms with van der Waals surface area (Å²) in [5.41, 5.74) is 1.08. The second-order valence-corrected chi connectivity index (χ2v) is 6.11. The molecule has 1 aliphatic rings. The van der Waals surface area contributed by atoms with Crippen molar-refractivity contribution in [3.05, 3.63) is 29.8 Å². The number of hydrogen-bond acceptors (Lipinski definition) is 4. The lowest BCUT2D eigenvalue weighted by atomic mass is 10.2. The molecule has 19 heavy (non-hydrogen) atoms. The summed E-state index contributed by atoms with van der Waals surface area (Å²) in [4.78, 5) is 11.8. The van der Waals surface area contributed by atoms with Gasteiger partial charge in [-0.25, -0.2) is 13.6 Å². The third-order valence-corrected chi connectivity index (χ3v) is 3.52. The first-order valence-electron chi connectivity index (χ1n) is 5.96. The van der Waals surface area contributed by atoms with E-state index >= 15 is 0 Å². The maximum Gasteiger partial charge on any atom is 0.253 e. The number of carbonyl (C=O) groups is 1. The molecule has 0 bridgehead atoms. The third-order valence-electron chi connectivity index (χ3n) is 2.78. The maximum absolute atomic E-state index is 11.8. The second kappa shape index (κ2) is 5.68. The van der Waals surface area contributed by atoms with Gasteiger partial charge in [0.2, 0.25) is 10.0 Å². The zero-order valence-electron chi connectivity index (χ0n) is 10.3. The number of primary sulfonamides is 1. The molecule has 2 rings (SSSR count). The molecule has 1 fully saturated rings. The van der Waals surface area contributed by atoms with E-state index in [-0.39, 0.29) is 11.7 Å². The van der Waals surface area contributed by atoms with Crippen LogP contribution in [-0.2, 0) is 25.3 Å². The van der Waals surface area contributed by atoms with Gasteiger partial charge in [0.05, 0.1) is 5.75 Å². The Hall–Kier alpha value is -1.44. The molecule has 0 aromatic heterocycles. The van der Waals surface area contributed by atoms with Crippen LogP contribution < -0.4 is 10.5 Å². The SMILES string of the molecule is NS(=O)(=O)Cc1cccc(NC(=O)C2CCCO2)c1. The largest absolute Gasteiger partial charge is 0.368 e. The van der Waals surface area contributed by atoms with Gasteiger partial charge in [0.25, 0.3) is 5.91 Å². The first-order chi connectivity index (χ1) is 8.94. The molecule has 0 aliphatic carbocycles. The van der Waals surface area contributed by atoms with E-state index in [1.54, 1.807) is 24.3 Å². The van der Waals surface area contributed by atoms with E-state index in [0.717, 1.165) is 6.42 Å². The fourth-order valence-electron chi connectivity index (χ4n) is 1.98. The van der Waals surface area contributed by atoms with Gasteiger partial charge in [-0.2, -0.15) is 0 Å². The summed E-state index contributed by atoms with van der Waals surface area (Å²) in [6.45, 7) is 0.601. The number of carbonyl (C=O) groups excluding carboxylic acids is 1. The van der Waals surface area contributed by atoms with Crippen molar-refractivity contribution in [3.63, 3.8) is 0 Å². The number of nitrogens with two attached hydrogens (primary N) is 1. The van der Waals surface area contributed by atoms with Crippen LogP contribution in [0, 0.1) is 0 Å². The van der Waals surface area contributed by atoms with Gasteiger partial charge in [-0.3, -0.25) is 4.79 Å². The molecule has 1 aromatic rings. The van der Waals surface area contributed by atoms with Gasteiger partial charge in [-0.05, 0) is 30.5 Å². The molecule has 1 atom stereocenters. The maximum atomic E-state index is 11.8. The van der Waals surface area contributed by atoms with Crippen LogP contribution in [0.5, 0.6) is 0 Å². The normalized spacial score (nSPS) is 19.3. The molecule has 0 saturated carbocycles. The van der Waals surface area contributed by atoms with E-state index in [4.69, 9.17) is 9.88 Å². The standard InChI is InChI=1S/C12H16N2O4S/c13-19(16,17)8-9-3-1-4-10(7-9)14-12(15)11-5-2-6-18-11/h1,3-4,7,11H,2,5-6,8H2,(H,14,15)(H2,13,16,17). The van der Waals surface area contributed by atoms with Crippen LogP contribution >= 0.6 is 0 Å². The van der Waals surface area contributed by atoms with E-state index in [2.05, 4.69) is 5.32 Å². The molecule has 1 aromatic carbocycles. The Morgan fingerprint density at radius 3 is 2.89 bits per heavy atom. The second-order valence-electron chi connectivity index (χ2n) is 4.50. The summed E-state index contributed by atoms with van der Waals surface area (Å²) < 4.78 is 27.3. The highest BCUT2D eigenvalue weighted by Gasteiger charge is 2.23. The van der Waals surface area contributed by atoms with Gasteiger partial charge < -0.3 is 10.1 Å². The highest BCUT2D eigenvalue weighted by atomic mass is 32.2. The smallest absolute Gasteiger partial charge is 0.253 e. The lowest BCUT2D eigenvalue weighted by Crippen LogP contribution is -2.26. The van der Waals surface area contributed by atoms with Gasteiger partial charge >= 0.3 is 0 Å². The van der Waals surface area contributed by atoms with Gasteiger partial charge in [-0.15, -0.1) is 0 Å². The molecule has 0 spiro atoms. The molecule has 1 saturated heterocycles. The fourth-order valence-corrected chi connectivity index (χ4v) is 2.62. The van der Waals surface area contributed by atoms with Crippen LogP contribution in [0.15, 0.2) is 24.3 Å². The summed E-state index contributed by atoms with van der Waals surface area (Å²) in [6, 6.07) is 6.61. The molecule has 1 amide bonds. The molecule has 1 unspecified atom stereocenters. The monoisotopic (exact) mass is 284 g/mol. The number of amides is 1. The van der Waals surface area contributed by atoms with Crippen molar-refractivity contribution in [3.8, 4) is 0 Å². The predicted octanol–water partition coefficient (Wildman–Crippen LogP) is 0.593. The molecular formula is C12H16N2O4S. The van der Waals surface area contributed by atoms with Crippen molar-refractivity contribution in [1.29, 1.82) is 0 Å². The van der Waals surface area contributed by atoms with Gasteiger partial charge in [0, 0.05) is 12.3 Å². The average molecular weight is 284 g/mol. The highest BCUT2D eigenvalue weighted by molar-refractivity contribution is 7.88. The molecule has 3 N–H and O–H groups in total.